The van der Waals surface area contributed by atoms with Crippen molar-refractivity contribution in [3.8, 4) is 0 Å². The molecule has 1 N–H and O–H groups in total. The normalized spacial score (nSPS) is 31.2. The molecule has 1 saturated heterocycles. The van der Waals surface area contributed by atoms with E-state index in [-0.39, 0.29) is 0 Å². The minimum atomic E-state index is 0.638. The van der Waals surface area contributed by atoms with Gasteiger partial charge in [0.05, 0.1) is 0 Å². The fraction of sp³-hybridized carbons (Fsp3) is 1.00. The Bertz CT molecular complexity index is 145. The minimum Gasteiger partial charge on any atom is -0.308 e. The molecule has 0 aliphatic carbocycles. The first-order chi connectivity index (χ1) is 6.11. The Kier molecular flexibility index (Phi) is 4.16. The Balaban J connectivity index is 2.37. The highest BCUT2D eigenvalue weighted by atomic mass is 15.2. The maximum atomic E-state index is 3.63. The van der Waals surface area contributed by atoms with E-state index in [1.54, 1.807) is 0 Å². The van der Waals surface area contributed by atoms with Gasteiger partial charge in [0.15, 0.2) is 0 Å². The molecular formula is C10H23N3. The zero-order chi connectivity index (χ0) is 9.84. The summed E-state index contributed by atoms with van der Waals surface area (Å²) in [6.45, 7) is 9.21. The summed E-state index contributed by atoms with van der Waals surface area (Å²) in [5.41, 5.74) is 0. The predicted octanol–water partition coefficient (Wildman–Crippen LogP) is 0.230. The van der Waals surface area contributed by atoms with Gasteiger partial charge in [-0.3, -0.25) is 0 Å². The summed E-state index contributed by atoms with van der Waals surface area (Å²) in [5.74, 6) is 0. The van der Waals surface area contributed by atoms with E-state index in [1.165, 1.54) is 19.6 Å². The number of likely N-dealkylation sites (N-methyl/N-ethyl adjacent to an activating group) is 2. The van der Waals surface area contributed by atoms with Crippen molar-refractivity contribution in [2.45, 2.75) is 25.9 Å². The number of nitrogens with one attached hydrogen (secondary N) is 1. The van der Waals surface area contributed by atoms with Gasteiger partial charge in [-0.2, -0.15) is 0 Å². The van der Waals surface area contributed by atoms with Gasteiger partial charge in [-0.25, -0.2) is 0 Å². The molecule has 0 aromatic rings. The fourth-order valence-electron chi connectivity index (χ4n) is 2.09. The first-order valence-electron chi connectivity index (χ1n) is 5.25. The van der Waals surface area contributed by atoms with E-state index in [0.29, 0.717) is 12.1 Å². The average molecular weight is 185 g/mol. The summed E-state index contributed by atoms with van der Waals surface area (Å²) in [4.78, 5) is 4.78. The standard InChI is InChI=1S/C10H23N3/c1-5-13-6-9(2)11-10(8-13)7-12(3)4/h9-11H,5-8H2,1-4H3. The highest BCUT2D eigenvalue weighted by Crippen LogP contribution is 2.04. The molecule has 78 valence electrons. The maximum absolute atomic E-state index is 3.63. The average Bonchev–Trinajstić information content (AvgIpc) is 2.01. The molecule has 0 amide bonds. The van der Waals surface area contributed by atoms with Gasteiger partial charge in [0.25, 0.3) is 0 Å². The molecule has 1 aliphatic heterocycles. The molecule has 1 heterocycles. The Labute approximate surface area is 82.1 Å². The zero-order valence-electron chi connectivity index (χ0n) is 9.38. The van der Waals surface area contributed by atoms with Crippen molar-refractivity contribution in [3.63, 3.8) is 0 Å². The van der Waals surface area contributed by atoms with Gasteiger partial charge < -0.3 is 15.1 Å². The van der Waals surface area contributed by atoms with Crippen LogP contribution >= 0.6 is 0 Å². The largest absolute Gasteiger partial charge is 0.308 e. The predicted molar refractivity (Wildman–Crippen MR) is 57.1 cm³/mol. The van der Waals surface area contributed by atoms with E-state index >= 15 is 0 Å². The summed E-state index contributed by atoms with van der Waals surface area (Å²) in [6, 6.07) is 1.28. The Morgan fingerprint density at radius 3 is 2.62 bits per heavy atom. The molecular weight excluding hydrogens is 162 g/mol. The van der Waals surface area contributed by atoms with Gasteiger partial charge in [0.1, 0.15) is 0 Å². The molecule has 0 aromatic carbocycles. The molecule has 2 unspecified atom stereocenters. The lowest BCUT2D eigenvalue weighted by Crippen LogP contribution is -2.58. The van der Waals surface area contributed by atoms with E-state index in [1.807, 2.05) is 0 Å². The molecule has 0 bridgehead atoms. The van der Waals surface area contributed by atoms with Crippen LogP contribution in [0.5, 0.6) is 0 Å². The zero-order valence-corrected chi connectivity index (χ0v) is 9.38. The van der Waals surface area contributed by atoms with Crippen molar-refractivity contribution in [1.29, 1.82) is 0 Å². The van der Waals surface area contributed by atoms with Crippen molar-refractivity contribution in [2.75, 3.05) is 40.3 Å². The summed E-state index contributed by atoms with van der Waals surface area (Å²) in [7, 11) is 4.27. The van der Waals surface area contributed by atoms with Gasteiger partial charge in [-0.05, 0) is 27.6 Å². The highest BCUT2D eigenvalue weighted by Gasteiger charge is 2.22. The number of hydrogen-bond acceptors (Lipinski definition) is 3. The van der Waals surface area contributed by atoms with Crippen LogP contribution in [0.3, 0.4) is 0 Å². The quantitative estimate of drug-likeness (QED) is 0.679. The van der Waals surface area contributed by atoms with Crippen molar-refractivity contribution in [1.82, 2.24) is 15.1 Å². The number of rotatable bonds is 3. The topological polar surface area (TPSA) is 18.5 Å². The number of piperazine rings is 1. The SMILES string of the molecule is CCN1CC(C)NC(CN(C)C)C1. The first-order valence-corrected chi connectivity index (χ1v) is 5.25. The van der Waals surface area contributed by atoms with Crippen molar-refractivity contribution < 1.29 is 0 Å². The minimum absolute atomic E-state index is 0.638. The molecule has 3 heteroatoms. The molecule has 13 heavy (non-hydrogen) atoms. The monoisotopic (exact) mass is 185 g/mol. The third-order valence-corrected chi connectivity index (χ3v) is 2.56. The van der Waals surface area contributed by atoms with Crippen LogP contribution in [0.15, 0.2) is 0 Å². The van der Waals surface area contributed by atoms with E-state index in [4.69, 9.17) is 0 Å². The lowest BCUT2D eigenvalue weighted by Gasteiger charge is -2.38. The van der Waals surface area contributed by atoms with E-state index in [9.17, 15) is 0 Å². The van der Waals surface area contributed by atoms with Gasteiger partial charge >= 0.3 is 0 Å². The molecule has 2 atom stereocenters. The molecule has 0 saturated carbocycles. The van der Waals surface area contributed by atoms with Crippen LogP contribution in [-0.4, -0.2) is 62.2 Å². The van der Waals surface area contributed by atoms with Crippen molar-refractivity contribution in [2.24, 2.45) is 0 Å². The molecule has 1 fully saturated rings. The Hall–Kier alpha value is -0.120. The molecule has 1 aliphatic rings. The van der Waals surface area contributed by atoms with Gasteiger partial charge in [-0.1, -0.05) is 6.92 Å². The van der Waals surface area contributed by atoms with E-state index < -0.39 is 0 Å². The Morgan fingerprint density at radius 2 is 2.08 bits per heavy atom. The molecule has 0 spiro atoms. The molecule has 3 nitrogen and oxygen atoms in total. The van der Waals surface area contributed by atoms with Crippen molar-refractivity contribution in [3.05, 3.63) is 0 Å². The summed E-state index contributed by atoms with van der Waals surface area (Å²) in [6.07, 6.45) is 0. The van der Waals surface area contributed by atoms with Gasteiger partial charge in [0.2, 0.25) is 0 Å². The molecule has 0 aromatic heterocycles. The molecule has 1 rings (SSSR count). The third-order valence-electron chi connectivity index (χ3n) is 2.56. The summed E-state index contributed by atoms with van der Waals surface area (Å²) in [5, 5.41) is 3.63. The lowest BCUT2D eigenvalue weighted by atomic mass is 10.1. The van der Waals surface area contributed by atoms with E-state index in [0.717, 1.165) is 6.54 Å². The van der Waals surface area contributed by atoms with Crippen LogP contribution < -0.4 is 5.32 Å². The number of nitrogens with zero attached hydrogens (tertiary/aromatic N) is 2. The van der Waals surface area contributed by atoms with Crippen LogP contribution in [0.2, 0.25) is 0 Å². The maximum Gasteiger partial charge on any atom is 0.0325 e. The second kappa shape index (κ2) is 4.94. The van der Waals surface area contributed by atoms with Crippen LogP contribution in [-0.2, 0) is 0 Å². The summed E-state index contributed by atoms with van der Waals surface area (Å²) >= 11 is 0. The molecule has 0 radical (unpaired) electrons. The van der Waals surface area contributed by atoms with Crippen LogP contribution in [0.4, 0.5) is 0 Å². The third kappa shape index (κ3) is 3.63. The van der Waals surface area contributed by atoms with Gasteiger partial charge in [0, 0.05) is 31.7 Å². The van der Waals surface area contributed by atoms with Crippen LogP contribution in [0.25, 0.3) is 0 Å². The Morgan fingerprint density at radius 1 is 1.38 bits per heavy atom. The van der Waals surface area contributed by atoms with Crippen LogP contribution in [0.1, 0.15) is 13.8 Å². The first kappa shape index (κ1) is 11.0. The summed E-state index contributed by atoms with van der Waals surface area (Å²) < 4.78 is 0. The van der Waals surface area contributed by atoms with Crippen LogP contribution in [0, 0.1) is 0 Å². The smallest absolute Gasteiger partial charge is 0.0325 e. The number of hydrogen-bond donors (Lipinski definition) is 1. The van der Waals surface area contributed by atoms with E-state index in [2.05, 4.69) is 43.1 Å². The fourth-order valence-corrected chi connectivity index (χ4v) is 2.09. The van der Waals surface area contributed by atoms with Crippen molar-refractivity contribution >= 4 is 0 Å². The second-order valence-electron chi connectivity index (χ2n) is 4.38. The lowest BCUT2D eigenvalue weighted by molar-refractivity contribution is 0.155. The van der Waals surface area contributed by atoms with Gasteiger partial charge in [-0.15, -0.1) is 0 Å². The highest BCUT2D eigenvalue weighted by molar-refractivity contribution is 4.84. The second-order valence-corrected chi connectivity index (χ2v) is 4.38.